The molecule has 0 aliphatic rings. The highest BCUT2D eigenvalue weighted by Gasteiger charge is 2.08. The number of nitrogens with one attached hydrogen (secondary N) is 2. The fraction of sp³-hybridized carbons (Fsp3) is 0.278. The Morgan fingerprint density at radius 1 is 1.09 bits per heavy atom. The summed E-state index contributed by atoms with van der Waals surface area (Å²) in [4.78, 5) is 11.9. The van der Waals surface area contributed by atoms with Crippen molar-refractivity contribution < 1.29 is 9.90 Å². The van der Waals surface area contributed by atoms with E-state index in [1.54, 1.807) is 0 Å². The summed E-state index contributed by atoms with van der Waals surface area (Å²) in [5.74, 6) is 0. The Morgan fingerprint density at radius 3 is 2.30 bits per heavy atom. The number of urea groups is 1. The third-order valence-corrected chi connectivity index (χ3v) is 3.87. The molecular formula is C18H21ClN2O2. The molecule has 0 aliphatic carbocycles. The first-order valence-electron chi connectivity index (χ1n) is 7.57. The lowest BCUT2D eigenvalue weighted by Crippen LogP contribution is -2.38. The van der Waals surface area contributed by atoms with Crippen LogP contribution in [0.5, 0.6) is 0 Å². The van der Waals surface area contributed by atoms with Crippen LogP contribution in [0.3, 0.4) is 0 Å². The summed E-state index contributed by atoms with van der Waals surface area (Å²) in [6.45, 7) is 2.53. The summed E-state index contributed by atoms with van der Waals surface area (Å²) in [6, 6.07) is 14.8. The summed E-state index contributed by atoms with van der Waals surface area (Å²) in [5.41, 5.74) is 3.01. The number of hydrogen-bond donors (Lipinski definition) is 3. The van der Waals surface area contributed by atoms with Crippen LogP contribution in [-0.4, -0.2) is 17.7 Å². The summed E-state index contributed by atoms with van der Waals surface area (Å²) < 4.78 is 0. The number of hydrogen-bond acceptors (Lipinski definition) is 2. The maximum absolute atomic E-state index is 11.9. The molecule has 1 atom stereocenters. The summed E-state index contributed by atoms with van der Waals surface area (Å²) >= 11 is 5.85. The van der Waals surface area contributed by atoms with Gasteiger partial charge in [0.25, 0.3) is 0 Å². The molecule has 0 heterocycles. The molecule has 0 aromatic heterocycles. The number of carbonyl (C=O) groups excluding carboxylic acids is 1. The third-order valence-electron chi connectivity index (χ3n) is 3.62. The van der Waals surface area contributed by atoms with Gasteiger partial charge in [-0.05, 0) is 42.2 Å². The van der Waals surface area contributed by atoms with E-state index < -0.39 is 0 Å². The van der Waals surface area contributed by atoms with Crippen molar-refractivity contribution in [3.8, 4) is 0 Å². The molecule has 0 saturated heterocycles. The minimum Gasteiger partial charge on any atom is -0.392 e. The monoisotopic (exact) mass is 332 g/mol. The zero-order chi connectivity index (χ0) is 16.7. The van der Waals surface area contributed by atoms with Crippen LogP contribution < -0.4 is 10.6 Å². The molecule has 0 spiro atoms. The fourth-order valence-electron chi connectivity index (χ4n) is 2.21. The number of benzene rings is 2. The van der Waals surface area contributed by atoms with Crippen LogP contribution in [0.4, 0.5) is 4.79 Å². The minimum absolute atomic E-state index is 0.0452. The van der Waals surface area contributed by atoms with Gasteiger partial charge < -0.3 is 15.7 Å². The molecule has 3 N–H and O–H groups in total. The molecule has 0 bridgehead atoms. The van der Waals surface area contributed by atoms with Crippen LogP contribution in [0.1, 0.15) is 29.7 Å². The first-order chi connectivity index (χ1) is 11.1. The quantitative estimate of drug-likeness (QED) is 0.759. The van der Waals surface area contributed by atoms with Gasteiger partial charge in [0.2, 0.25) is 0 Å². The molecule has 2 aromatic rings. The van der Waals surface area contributed by atoms with E-state index in [1.165, 1.54) is 0 Å². The van der Waals surface area contributed by atoms with Gasteiger partial charge in [0.1, 0.15) is 0 Å². The predicted octanol–water partition coefficient (Wildman–Crippen LogP) is 3.44. The van der Waals surface area contributed by atoms with Crippen LogP contribution >= 0.6 is 11.6 Å². The van der Waals surface area contributed by atoms with E-state index in [4.69, 9.17) is 16.7 Å². The Hall–Kier alpha value is -2.04. The van der Waals surface area contributed by atoms with Crippen molar-refractivity contribution in [3.05, 3.63) is 70.2 Å². The SMILES string of the molecule is CC(NC(=O)NCCc1ccc(CO)cc1)c1ccc(Cl)cc1. The fourth-order valence-corrected chi connectivity index (χ4v) is 2.34. The molecule has 0 aliphatic heterocycles. The number of rotatable bonds is 6. The van der Waals surface area contributed by atoms with E-state index in [0.717, 1.165) is 23.1 Å². The van der Waals surface area contributed by atoms with Gasteiger partial charge in [-0.25, -0.2) is 4.79 Å². The zero-order valence-electron chi connectivity index (χ0n) is 13.1. The molecule has 1 unspecified atom stereocenters. The molecule has 0 radical (unpaired) electrons. The lowest BCUT2D eigenvalue weighted by atomic mass is 10.1. The number of halogens is 1. The summed E-state index contributed by atoms with van der Waals surface area (Å²) in [6.07, 6.45) is 0.744. The van der Waals surface area contributed by atoms with E-state index in [2.05, 4.69) is 10.6 Å². The molecule has 2 rings (SSSR count). The first kappa shape index (κ1) is 17.3. The Balaban J connectivity index is 1.74. The van der Waals surface area contributed by atoms with Gasteiger partial charge >= 0.3 is 6.03 Å². The summed E-state index contributed by atoms with van der Waals surface area (Å²) in [5, 5.41) is 15.4. The van der Waals surface area contributed by atoms with Gasteiger partial charge in [0.15, 0.2) is 0 Å². The van der Waals surface area contributed by atoms with Crippen LogP contribution in [0, 0.1) is 0 Å². The summed E-state index contributed by atoms with van der Waals surface area (Å²) in [7, 11) is 0. The van der Waals surface area contributed by atoms with Gasteiger partial charge in [-0.3, -0.25) is 0 Å². The minimum atomic E-state index is -0.195. The van der Waals surface area contributed by atoms with Gasteiger partial charge in [-0.2, -0.15) is 0 Å². The Kier molecular flexibility index (Phi) is 6.44. The molecule has 5 heteroatoms. The van der Waals surface area contributed by atoms with Gasteiger partial charge in [-0.1, -0.05) is 48.0 Å². The number of carbonyl (C=O) groups is 1. The van der Waals surface area contributed by atoms with Gasteiger partial charge in [-0.15, -0.1) is 0 Å². The van der Waals surface area contributed by atoms with E-state index >= 15 is 0 Å². The van der Waals surface area contributed by atoms with Crippen molar-refractivity contribution in [3.63, 3.8) is 0 Å². The number of aliphatic hydroxyl groups excluding tert-OH is 1. The topological polar surface area (TPSA) is 61.4 Å². The van der Waals surface area contributed by atoms with Crippen molar-refractivity contribution in [2.75, 3.05) is 6.54 Å². The smallest absolute Gasteiger partial charge is 0.315 e. The Labute approximate surface area is 141 Å². The Bertz CT molecular complexity index is 626. The molecule has 2 amide bonds. The van der Waals surface area contributed by atoms with E-state index in [-0.39, 0.29) is 18.7 Å². The lowest BCUT2D eigenvalue weighted by Gasteiger charge is -2.15. The van der Waals surface area contributed by atoms with Crippen LogP contribution in [-0.2, 0) is 13.0 Å². The second-order valence-electron chi connectivity index (χ2n) is 5.40. The van der Waals surface area contributed by atoms with Crippen molar-refractivity contribution in [1.82, 2.24) is 10.6 Å². The largest absolute Gasteiger partial charge is 0.392 e. The molecule has 23 heavy (non-hydrogen) atoms. The second-order valence-corrected chi connectivity index (χ2v) is 5.83. The molecule has 122 valence electrons. The lowest BCUT2D eigenvalue weighted by molar-refractivity contribution is 0.238. The highest BCUT2D eigenvalue weighted by molar-refractivity contribution is 6.30. The molecule has 2 aromatic carbocycles. The molecule has 0 fully saturated rings. The standard InChI is InChI=1S/C18H21ClN2O2/c1-13(16-6-8-17(19)9-7-16)21-18(23)20-11-10-14-2-4-15(12-22)5-3-14/h2-9,13,22H,10-12H2,1H3,(H2,20,21,23). The highest BCUT2D eigenvalue weighted by atomic mass is 35.5. The van der Waals surface area contributed by atoms with Crippen LogP contribution in [0.25, 0.3) is 0 Å². The van der Waals surface area contributed by atoms with Crippen LogP contribution in [0.15, 0.2) is 48.5 Å². The zero-order valence-corrected chi connectivity index (χ0v) is 13.8. The molecule has 0 saturated carbocycles. The molecular weight excluding hydrogens is 312 g/mol. The van der Waals surface area contributed by atoms with Crippen molar-refractivity contribution in [2.45, 2.75) is 26.0 Å². The second kappa shape index (κ2) is 8.56. The average molecular weight is 333 g/mol. The van der Waals surface area contributed by atoms with E-state index in [9.17, 15) is 4.79 Å². The third kappa shape index (κ3) is 5.58. The van der Waals surface area contributed by atoms with E-state index in [0.29, 0.717) is 11.6 Å². The maximum atomic E-state index is 11.9. The highest BCUT2D eigenvalue weighted by Crippen LogP contribution is 2.15. The normalized spacial score (nSPS) is 11.8. The number of aliphatic hydroxyl groups is 1. The predicted molar refractivity (Wildman–Crippen MR) is 92.5 cm³/mol. The number of amides is 2. The van der Waals surface area contributed by atoms with Crippen LogP contribution in [0.2, 0.25) is 5.02 Å². The molecule has 4 nitrogen and oxygen atoms in total. The average Bonchev–Trinajstić information content (AvgIpc) is 2.56. The van der Waals surface area contributed by atoms with Crippen molar-refractivity contribution in [1.29, 1.82) is 0 Å². The first-order valence-corrected chi connectivity index (χ1v) is 7.95. The van der Waals surface area contributed by atoms with Crippen molar-refractivity contribution >= 4 is 17.6 Å². The Morgan fingerprint density at radius 2 is 1.70 bits per heavy atom. The van der Waals surface area contributed by atoms with Crippen molar-refractivity contribution in [2.24, 2.45) is 0 Å². The van der Waals surface area contributed by atoms with Gasteiger partial charge in [0, 0.05) is 11.6 Å². The maximum Gasteiger partial charge on any atom is 0.315 e. The van der Waals surface area contributed by atoms with E-state index in [1.807, 2.05) is 55.5 Å². The van der Waals surface area contributed by atoms with Gasteiger partial charge in [0.05, 0.1) is 12.6 Å².